The van der Waals surface area contributed by atoms with Crippen molar-refractivity contribution in [2.75, 3.05) is 38.7 Å². The van der Waals surface area contributed by atoms with Crippen LogP contribution in [0.5, 0.6) is 0 Å². The monoisotopic (exact) mass is 333 g/mol. The molecule has 6 nitrogen and oxygen atoms in total. The van der Waals surface area contributed by atoms with Gasteiger partial charge in [-0.05, 0) is 43.6 Å². The van der Waals surface area contributed by atoms with Gasteiger partial charge in [0.25, 0.3) is 0 Å². The highest BCUT2D eigenvalue weighted by Crippen LogP contribution is 2.28. The van der Waals surface area contributed by atoms with E-state index in [0.29, 0.717) is 19.6 Å². The van der Waals surface area contributed by atoms with Crippen molar-refractivity contribution < 1.29 is 14.3 Å². The zero-order chi connectivity index (χ0) is 17.4. The predicted octanol–water partition coefficient (Wildman–Crippen LogP) is 1.32. The van der Waals surface area contributed by atoms with Crippen molar-refractivity contribution in [2.45, 2.75) is 26.2 Å². The minimum Gasteiger partial charge on any atom is -0.384 e. The average molecular weight is 333 g/mol. The molecule has 3 N–H and O–H groups in total. The largest absolute Gasteiger partial charge is 0.384 e. The van der Waals surface area contributed by atoms with Crippen molar-refractivity contribution >= 4 is 17.5 Å². The lowest BCUT2D eigenvalue weighted by atomic mass is 9.79. The standard InChI is InChI=1S/C18H27N3O3/c1-14(22)21-16-5-3-15(4-6-16)11-17(23)20-12-18(13-24-2)7-9-19-10-8-18/h3-6,19H,7-13H2,1-2H3,(H,20,23)(H,21,22). The Morgan fingerprint density at radius 3 is 2.46 bits per heavy atom. The number of rotatable bonds is 7. The molecule has 1 heterocycles. The second-order valence-electron chi connectivity index (χ2n) is 6.51. The Morgan fingerprint density at radius 2 is 1.88 bits per heavy atom. The first-order valence-electron chi connectivity index (χ1n) is 8.36. The molecule has 0 radical (unpaired) electrons. The summed E-state index contributed by atoms with van der Waals surface area (Å²) in [5, 5.41) is 9.12. The Kier molecular flexibility index (Phi) is 6.75. The van der Waals surface area contributed by atoms with Crippen LogP contribution in [0.2, 0.25) is 0 Å². The molecule has 0 bridgehead atoms. The summed E-state index contributed by atoms with van der Waals surface area (Å²) in [5.74, 6) is -0.0952. The Morgan fingerprint density at radius 1 is 1.21 bits per heavy atom. The third-order valence-electron chi connectivity index (χ3n) is 4.41. The first-order valence-corrected chi connectivity index (χ1v) is 8.36. The van der Waals surface area contributed by atoms with Crippen LogP contribution in [-0.2, 0) is 20.7 Å². The summed E-state index contributed by atoms with van der Waals surface area (Å²) < 4.78 is 5.37. The van der Waals surface area contributed by atoms with Gasteiger partial charge in [-0.1, -0.05) is 12.1 Å². The lowest BCUT2D eigenvalue weighted by molar-refractivity contribution is -0.121. The lowest BCUT2D eigenvalue weighted by Gasteiger charge is -2.37. The highest BCUT2D eigenvalue weighted by atomic mass is 16.5. The number of amides is 2. The summed E-state index contributed by atoms with van der Waals surface area (Å²) in [7, 11) is 1.71. The molecule has 0 aromatic heterocycles. The van der Waals surface area contributed by atoms with Crippen molar-refractivity contribution in [1.29, 1.82) is 0 Å². The number of nitrogens with one attached hydrogen (secondary N) is 3. The molecule has 0 atom stereocenters. The maximum Gasteiger partial charge on any atom is 0.224 e. The highest BCUT2D eigenvalue weighted by Gasteiger charge is 2.32. The number of hydrogen-bond donors (Lipinski definition) is 3. The van der Waals surface area contributed by atoms with Gasteiger partial charge in [-0.25, -0.2) is 0 Å². The minimum atomic E-state index is -0.106. The summed E-state index contributed by atoms with van der Waals surface area (Å²) in [4.78, 5) is 23.2. The van der Waals surface area contributed by atoms with Crippen LogP contribution in [0.3, 0.4) is 0 Å². The van der Waals surface area contributed by atoms with Gasteiger partial charge in [-0.3, -0.25) is 9.59 Å². The molecule has 1 fully saturated rings. The van der Waals surface area contributed by atoms with Crippen LogP contribution in [0.1, 0.15) is 25.3 Å². The van der Waals surface area contributed by atoms with E-state index < -0.39 is 0 Å². The number of hydrogen-bond acceptors (Lipinski definition) is 4. The van der Waals surface area contributed by atoms with E-state index in [-0.39, 0.29) is 17.2 Å². The van der Waals surface area contributed by atoms with Crippen molar-refractivity contribution in [3.05, 3.63) is 29.8 Å². The summed E-state index contributed by atoms with van der Waals surface area (Å²) in [6.07, 6.45) is 2.35. The van der Waals surface area contributed by atoms with Gasteiger partial charge in [0.15, 0.2) is 0 Å². The van der Waals surface area contributed by atoms with E-state index in [4.69, 9.17) is 4.74 Å². The Labute approximate surface area is 143 Å². The van der Waals surface area contributed by atoms with Gasteiger partial charge in [0.1, 0.15) is 0 Å². The van der Waals surface area contributed by atoms with Crippen LogP contribution in [0.25, 0.3) is 0 Å². The van der Waals surface area contributed by atoms with Crippen LogP contribution in [0.15, 0.2) is 24.3 Å². The van der Waals surface area contributed by atoms with E-state index in [0.717, 1.165) is 37.2 Å². The van der Waals surface area contributed by atoms with Gasteiger partial charge >= 0.3 is 0 Å². The Balaban J connectivity index is 1.84. The molecule has 2 amide bonds. The molecule has 0 unspecified atom stereocenters. The average Bonchev–Trinajstić information content (AvgIpc) is 2.56. The summed E-state index contributed by atoms with van der Waals surface area (Å²) in [6.45, 7) is 4.71. The molecule has 1 saturated heterocycles. The lowest BCUT2D eigenvalue weighted by Crippen LogP contribution is -2.47. The molecule has 1 aliphatic heterocycles. The van der Waals surface area contributed by atoms with E-state index in [1.807, 2.05) is 24.3 Å². The molecule has 1 aromatic carbocycles. The smallest absolute Gasteiger partial charge is 0.224 e. The van der Waals surface area contributed by atoms with Crippen molar-refractivity contribution in [3.8, 4) is 0 Å². The van der Waals surface area contributed by atoms with Crippen molar-refractivity contribution in [1.82, 2.24) is 10.6 Å². The van der Waals surface area contributed by atoms with Gasteiger partial charge in [0.2, 0.25) is 11.8 Å². The second kappa shape index (κ2) is 8.80. The van der Waals surface area contributed by atoms with Crippen LogP contribution in [-0.4, -0.2) is 45.2 Å². The second-order valence-corrected chi connectivity index (χ2v) is 6.51. The van der Waals surface area contributed by atoms with Gasteiger partial charge in [-0.2, -0.15) is 0 Å². The van der Waals surface area contributed by atoms with Gasteiger partial charge < -0.3 is 20.7 Å². The number of benzene rings is 1. The number of piperidine rings is 1. The zero-order valence-electron chi connectivity index (χ0n) is 14.5. The molecular weight excluding hydrogens is 306 g/mol. The van der Waals surface area contributed by atoms with Crippen LogP contribution in [0, 0.1) is 5.41 Å². The number of carbonyl (C=O) groups is 2. The quantitative estimate of drug-likeness (QED) is 0.703. The SMILES string of the molecule is COCC1(CNC(=O)Cc2ccc(NC(C)=O)cc2)CCNCC1. The van der Waals surface area contributed by atoms with E-state index in [2.05, 4.69) is 16.0 Å². The molecule has 0 spiro atoms. The molecule has 6 heteroatoms. The first kappa shape index (κ1) is 18.4. The van der Waals surface area contributed by atoms with Crippen LogP contribution < -0.4 is 16.0 Å². The highest BCUT2D eigenvalue weighted by molar-refractivity contribution is 5.88. The van der Waals surface area contributed by atoms with Crippen LogP contribution in [0.4, 0.5) is 5.69 Å². The molecule has 2 rings (SSSR count). The van der Waals surface area contributed by atoms with E-state index in [1.165, 1.54) is 6.92 Å². The normalized spacial score (nSPS) is 16.4. The topological polar surface area (TPSA) is 79.5 Å². The third kappa shape index (κ3) is 5.62. The van der Waals surface area contributed by atoms with E-state index in [9.17, 15) is 9.59 Å². The van der Waals surface area contributed by atoms with E-state index >= 15 is 0 Å². The summed E-state index contributed by atoms with van der Waals surface area (Å²) in [6, 6.07) is 7.34. The number of anilines is 1. The molecule has 1 aliphatic rings. The zero-order valence-corrected chi connectivity index (χ0v) is 14.5. The fraction of sp³-hybridized carbons (Fsp3) is 0.556. The predicted molar refractivity (Wildman–Crippen MR) is 93.9 cm³/mol. The molecule has 1 aromatic rings. The molecule has 0 saturated carbocycles. The van der Waals surface area contributed by atoms with Crippen molar-refractivity contribution in [3.63, 3.8) is 0 Å². The molecule has 0 aliphatic carbocycles. The molecular formula is C18H27N3O3. The Hall–Kier alpha value is -1.92. The van der Waals surface area contributed by atoms with Gasteiger partial charge in [0.05, 0.1) is 13.0 Å². The summed E-state index contributed by atoms with van der Waals surface area (Å²) in [5.41, 5.74) is 1.69. The van der Waals surface area contributed by atoms with Gasteiger partial charge in [0, 0.05) is 31.7 Å². The first-order chi connectivity index (χ1) is 11.5. The molecule has 24 heavy (non-hydrogen) atoms. The fourth-order valence-corrected chi connectivity index (χ4v) is 3.08. The maximum absolute atomic E-state index is 12.2. The third-order valence-corrected chi connectivity index (χ3v) is 4.41. The number of methoxy groups -OCH3 is 1. The fourth-order valence-electron chi connectivity index (χ4n) is 3.08. The van der Waals surface area contributed by atoms with Crippen LogP contribution >= 0.6 is 0 Å². The van der Waals surface area contributed by atoms with Crippen molar-refractivity contribution in [2.24, 2.45) is 5.41 Å². The Bertz CT molecular complexity index is 546. The van der Waals surface area contributed by atoms with E-state index in [1.54, 1.807) is 7.11 Å². The molecule has 132 valence electrons. The number of carbonyl (C=O) groups excluding carboxylic acids is 2. The minimum absolute atomic E-state index is 0.0105. The van der Waals surface area contributed by atoms with Gasteiger partial charge in [-0.15, -0.1) is 0 Å². The number of ether oxygens (including phenoxy) is 1. The maximum atomic E-state index is 12.2. The summed E-state index contributed by atoms with van der Waals surface area (Å²) >= 11 is 0.